The number of H-pyrrole nitrogens is 1. The van der Waals surface area contributed by atoms with Crippen LogP contribution in [0.25, 0.3) is 10.9 Å². The van der Waals surface area contributed by atoms with Crippen LogP contribution in [0.1, 0.15) is 13.3 Å². The van der Waals surface area contributed by atoms with E-state index in [2.05, 4.69) is 41.5 Å². The molecule has 18 heavy (non-hydrogen) atoms. The van der Waals surface area contributed by atoms with E-state index in [1.165, 1.54) is 5.39 Å². The highest BCUT2D eigenvalue weighted by Crippen LogP contribution is 2.23. The minimum absolute atomic E-state index is 0.0821. The Morgan fingerprint density at radius 3 is 3.00 bits per heavy atom. The number of hydrogen-bond acceptors (Lipinski definition) is 3. The Kier molecular flexibility index (Phi) is 4.68. The molecule has 2 aromatic rings. The number of aromatic nitrogens is 1. The summed E-state index contributed by atoms with van der Waals surface area (Å²) in [5, 5.41) is 14.6. The van der Waals surface area contributed by atoms with E-state index in [9.17, 15) is 0 Å². The summed E-state index contributed by atoms with van der Waals surface area (Å²) in [4.78, 5) is 3.36. The first-order valence-electron chi connectivity index (χ1n) is 6.17. The van der Waals surface area contributed by atoms with Gasteiger partial charge in [-0.3, -0.25) is 0 Å². The van der Waals surface area contributed by atoms with Crippen LogP contribution in [0.4, 0.5) is 0 Å². The van der Waals surface area contributed by atoms with E-state index in [4.69, 9.17) is 5.26 Å². The number of nitrogens with one attached hydrogen (secondary N) is 2. The van der Waals surface area contributed by atoms with Crippen LogP contribution in [0.5, 0.6) is 0 Å². The molecule has 0 fully saturated rings. The zero-order chi connectivity index (χ0) is 12.8. The normalized spacial score (nSPS) is 12.4. The largest absolute Gasteiger partial charge is 0.350 e. The van der Waals surface area contributed by atoms with E-state index in [1.54, 1.807) is 11.8 Å². The van der Waals surface area contributed by atoms with Crippen molar-refractivity contribution in [3.63, 3.8) is 0 Å². The maximum atomic E-state index is 9.03. The zero-order valence-corrected chi connectivity index (χ0v) is 11.3. The summed E-state index contributed by atoms with van der Waals surface area (Å²) in [5.41, 5.74) is 1.15. The molecule has 1 aromatic carbocycles. The predicted octanol–water partition coefficient (Wildman–Crippen LogP) is 3.15. The van der Waals surface area contributed by atoms with Gasteiger partial charge in [0.15, 0.2) is 0 Å². The second-order valence-corrected chi connectivity index (χ2v) is 5.23. The summed E-state index contributed by atoms with van der Waals surface area (Å²) in [6.45, 7) is 3.00. The first-order chi connectivity index (χ1) is 8.83. The summed E-state index contributed by atoms with van der Waals surface area (Å²) in [7, 11) is 0. The van der Waals surface area contributed by atoms with Gasteiger partial charge in [-0.1, -0.05) is 25.1 Å². The molecule has 1 unspecified atom stereocenters. The van der Waals surface area contributed by atoms with E-state index < -0.39 is 0 Å². The molecule has 2 rings (SSSR count). The van der Waals surface area contributed by atoms with Crippen LogP contribution >= 0.6 is 11.8 Å². The highest BCUT2D eigenvalue weighted by atomic mass is 32.2. The number of thioether (sulfide) groups is 1. The number of nitrogens with zero attached hydrogens (tertiary/aromatic N) is 1. The van der Waals surface area contributed by atoms with Crippen molar-refractivity contribution in [1.29, 1.82) is 5.26 Å². The SMILES string of the molecule is CCCNC(C#N)CSc1cc2ccccc2[nH]1. The molecule has 1 atom stereocenters. The molecule has 0 radical (unpaired) electrons. The molecule has 94 valence electrons. The van der Waals surface area contributed by atoms with Crippen LogP contribution in [0.3, 0.4) is 0 Å². The quantitative estimate of drug-likeness (QED) is 0.784. The Bertz CT molecular complexity index is 508. The van der Waals surface area contributed by atoms with Crippen LogP contribution in [-0.4, -0.2) is 23.3 Å². The fourth-order valence-electron chi connectivity index (χ4n) is 1.76. The van der Waals surface area contributed by atoms with Crippen LogP contribution in [0.15, 0.2) is 35.4 Å². The molecule has 0 aliphatic rings. The highest BCUT2D eigenvalue weighted by molar-refractivity contribution is 7.99. The van der Waals surface area contributed by atoms with Crippen LogP contribution in [0, 0.1) is 11.3 Å². The first kappa shape index (κ1) is 13.0. The van der Waals surface area contributed by atoms with Crippen LogP contribution < -0.4 is 5.32 Å². The van der Waals surface area contributed by atoms with E-state index in [0.29, 0.717) is 0 Å². The van der Waals surface area contributed by atoms with Gasteiger partial charge in [0.1, 0.15) is 6.04 Å². The molecule has 0 saturated heterocycles. The Hall–Kier alpha value is -1.44. The topological polar surface area (TPSA) is 51.6 Å². The Balaban J connectivity index is 1.95. The minimum Gasteiger partial charge on any atom is -0.350 e. The molecule has 1 heterocycles. The molecule has 0 aliphatic heterocycles. The van der Waals surface area contributed by atoms with Crippen molar-refractivity contribution < 1.29 is 0 Å². The number of aromatic amines is 1. The highest BCUT2D eigenvalue weighted by Gasteiger charge is 2.08. The lowest BCUT2D eigenvalue weighted by Gasteiger charge is -2.08. The van der Waals surface area contributed by atoms with Gasteiger partial charge in [-0.2, -0.15) is 5.26 Å². The van der Waals surface area contributed by atoms with Gasteiger partial charge in [-0.05, 0) is 25.1 Å². The van der Waals surface area contributed by atoms with Crippen molar-refractivity contribution in [1.82, 2.24) is 10.3 Å². The molecule has 1 aromatic heterocycles. The number of para-hydroxylation sites is 1. The van der Waals surface area contributed by atoms with Crippen LogP contribution in [-0.2, 0) is 0 Å². The second-order valence-electron chi connectivity index (χ2n) is 4.17. The third kappa shape index (κ3) is 3.28. The molecule has 3 nitrogen and oxygen atoms in total. The predicted molar refractivity (Wildman–Crippen MR) is 76.7 cm³/mol. The van der Waals surface area contributed by atoms with Gasteiger partial charge in [0, 0.05) is 16.7 Å². The number of rotatable bonds is 6. The zero-order valence-electron chi connectivity index (χ0n) is 10.4. The maximum absolute atomic E-state index is 9.03. The number of fused-ring (bicyclic) bond motifs is 1. The van der Waals surface area contributed by atoms with Gasteiger partial charge in [0.05, 0.1) is 11.1 Å². The lowest BCUT2D eigenvalue weighted by molar-refractivity contribution is 0.637. The second kappa shape index (κ2) is 6.48. The fraction of sp³-hybridized carbons (Fsp3) is 0.357. The van der Waals surface area contributed by atoms with E-state index in [0.717, 1.165) is 29.3 Å². The molecule has 4 heteroatoms. The van der Waals surface area contributed by atoms with Gasteiger partial charge in [-0.25, -0.2) is 0 Å². The molecule has 0 saturated carbocycles. The van der Waals surface area contributed by atoms with Crippen molar-refractivity contribution in [2.75, 3.05) is 12.3 Å². The molecule has 0 bridgehead atoms. The van der Waals surface area contributed by atoms with Gasteiger partial charge < -0.3 is 10.3 Å². The first-order valence-corrected chi connectivity index (χ1v) is 7.15. The molecule has 2 N–H and O–H groups in total. The molecule has 0 spiro atoms. The van der Waals surface area contributed by atoms with Crippen molar-refractivity contribution in [2.24, 2.45) is 0 Å². The molecule has 0 aliphatic carbocycles. The summed E-state index contributed by atoms with van der Waals surface area (Å²) >= 11 is 1.69. The summed E-state index contributed by atoms with van der Waals surface area (Å²) in [6, 6.07) is 12.6. The van der Waals surface area contributed by atoms with Gasteiger partial charge in [0.25, 0.3) is 0 Å². The molecule has 0 amide bonds. The van der Waals surface area contributed by atoms with Gasteiger partial charge in [-0.15, -0.1) is 11.8 Å². The van der Waals surface area contributed by atoms with Gasteiger partial charge in [0.2, 0.25) is 0 Å². The lowest BCUT2D eigenvalue weighted by Crippen LogP contribution is -2.30. The minimum atomic E-state index is -0.0821. The van der Waals surface area contributed by atoms with E-state index >= 15 is 0 Å². The van der Waals surface area contributed by atoms with Crippen molar-refractivity contribution in [3.05, 3.63) is 30.3 Å². The Morgan fingerprint density at radius 2 is 2.28 bits per heavy atom. The third-order valence-electron chi connectivity index (χ3n) is 2.71. The van der Waals surface area contributed by atoms with Crippen molar-refractivity contribution >= 4 is 22.7 Å². The standard InChI is InChI=1S/C14H17N3S/c1-2-7-16-12(9-15)10-18-14-8-11-5-3-4-6-13(11)17-14/h3-6,8,12,16-17H,2,7,10H2,1H3. The monoisotopic (exact) mass is 259 g/mol. The fourth-order valence-corrected chi connectivity index (χ4v) is 2.69. The molecular weight excluding hydrogens is 242 g/mol. The lowest BCUT2D eigenvalue weighted by atomic mass is 10.3. The van der Waals surface area contributed by atoms with E-state index in [1.807, 2.05) is 12.1 Å². The average Bonchev–Trinajstić information content (AvgIpc) is 2.81. The number of nitriles is 1. The summed E-state index contributed by atoms with van der Waals surface area (Å²) in [5.74, 6) is 0.767. The smallest absolute Gasteiger partial charge is 0.105 e. The van der Waals surface area contributed by atoms with E-state index in [-0.39, 0.29) is 6.04 Å². The Morgan fingerprint density at radius 1 is 1.44 bits per heavy atom. The summed E-state index contributed by atoms with van der Waals surface area (Å²) < 4.78 is 0. The average molecular weight is 259 g/mol. The van der Waals surface area contributed by atoms with Crippen molar-refractivity contribution in [3.8, 4) is 6.07 Å². The number of benzene rings is 1. The molecular formula is C14H17N3S. The third-order valence-corrected chi connectivity index (χ3v) is 3.74. The Labute approximate surface area is 112 Å². The number of hydrogen-bond donors (Lipinski definition) is 2. The van der Waals surface area contributed by atoms with Gasteiger partial charge >= 0.3 is 0 Å². The summed E-state index contributed by atoms with van der Waals surface area (Å²) in [6.07, 6.45) is 1.05. The maximum Gasteiger partial charge on any atom is 0.105 e. The van der Waals surface area contributed by atoms with Crippen LogP contribution in [0.2, 0.25) is 0 Å². The van der Waals surface area contributed by atoms with Crippen molar-refractivity contribution in [2.45, 2.75) is 24.4 Å².